The molecule has 6 bridgehead atoms. The number of hydrogen-bond donors (Lipinski definition) is 1. The molecule has 5 aromatic rings. The molecule has 248 valence electrons. The lowest BCUT2D eigenvalue weighted by Gasteiger charge is -2.28. The Labute approximate surface area is 289 Å². The average molecular weight is 683 g/mol. The van der Waals surface area contributed by atoms with Gasteiger partial charge in [0.2, 0.25) is 0 Å². The molecule has 0 spiro atoms. The number of carboxylic acids is 1. The minimum absolute atomic E-state index is 0.233. The van der Waals surface area contributed by atoms with Crippen LogP contribution < -0.4 is 9.75 Å². The molecule has 11 heteroatoms. The van der Waals surface area contributed by atoms with Gasteiger partial charge in [0.15, 0.2) is 5.69 Å². The van der Waals surface area contributed by atoms with Crippen molar-refractivity contribution in [1.29, 1.82) is 0 Å². The summed E-state index contributed by atoms with van der Waals surface area (Å²) >= 11 is 8.73. The van der Waals surface area contributed by atoms with Crippen molar-refractivity contribution in [3.63, 3.8) is 0 Å². The molecule has 7 rings (SSSR count). The molecule has 0 radical (unpaired) electrons. The van der Waals surface area contributed by atoms with Crippen molar-refractivity contribution >= 4 is 63.3 Å². The van der Waals surface area contributed by atoms with Crippen LogP contribution in [-0.2, 0) is 25.8 Å². The Bertz CT molecular complexity index is 2080. The molecule has 2 aromatic heterocycles. The first-order chi connectivity index (χ1) is 23.3. The number of fused-ring (bicyclic) bond motifs is 11. The van der Waals surface area contributed by atoms with Crippen LogP contribution in [-0.4, -0.2) is 57.0 Å². The van der Waals surface area contributed by atoms with Crippen molar-refractivity contribution < 1.29 is 14.6 Å². The summed E-state index contributed by atoms with van der Waals surface area (Å²) in [6.07, 6.45) is 8.04. The number of carboxylic acid groups (broad SMARTS) is 1. The molecule has 1 saturated heterocycles. The lowest BCUT2D eigenvalue weighted by Crippen LogP contribution is -2.33. The number of rotatable bonds is 3. The minimum Gasteiger partial charge on any atom is -0.493 e. The molecule has 0 amide bonds. The van der Waals surface area contributed by atoms with Crippen molar-refractivity contribution in [2.45, 2.75) is 56.2 Å². The van der Waals surface area contributed by atoms with E-state index < -0.39 is 5.97 Å². The number of hydrogen-bond acceptors (Lipinski definition) is 7. The normalized spacial score (nSPS) is 17.0. The van der Waals surface area contributed by atoms with Crippen molar-refractivity contribution in [1.82, 2.24) is 19.5 Å². The number of aromatic carboxylic acids is 1. The van der Waals surface area contributed by atoms with E-state index in [1.807, 2.05) is 64.7 Å². The van der Waals surface area contributed by atoms with Gasteiger partial charge in [0.1, 0.15) is 5.75 Å². The molecule has 2 aliphatic heterocycles. The fourth-order valence-electron chi connectivity index (χ4n) is 6.93. The predicted octanol–water partition coefficient (Wildman–Crippen LogP) is 8.10. The van der Waals surface area contributed by atoms with E-state index in [4.69, 9.17) is 21.4 Å². The van der Waals surface area contributed by atoms with Gasteiger partial charge in [-0.2, -0.15) is 10.2 Å². The molecular formula is C37H39ClN6O3S. The largest absolute Gasteiger partial charge is 0.493 e. The number of thioether (sulfide) groups is 1. The van der Waals surface area contributed by atoms with Crippen LogP contribution in [0.1, 0.15) is 65.6 Å². The summed E-state index contributed by atoms with van der Waals surface area (Å²) in [5.41, 5.74) is 5.54. The summed E-state index contributed by atoms with van der Waals surface area (Å²) in [5, 5.41) is 27.9. The highest BCUT2D eigenvalue weighted by Gasteiger charge is 2.28. The van der Waals surface area contributed by atoms with E-state index in [2.05, 4.69) is 41.5 Å². The molecule has 48 heavy (non-hydrogen) atoms. The summed E-state index contributed by atoms with van der Waals surface area (Å²) in [6.45, 7) is 3.63. The quantitative estimate of drug-likeness (QED) is 0.193. The van der Waals surface area contributed by atoms with E-state index in [0.717, 1.165) is 86.3 Å². The summed E-state index contributed by atoms with van der Waals surface area (Å²) in [4.78, 5) is 14.4. The first kappa shape index (κ1) is 32.2. The van der Waals surface area contributed by atoms with Crippen LogP contribution in [0.25, 0.3) is 27.8 Å². The molecule has 0 saturated carbocycles. The van der Waals surface area contributed by atoms with Crippen LogP contribution in [0, 0.1) is 0 Å². The van der Waals surface area contributed by atoms with E-state index in [0.29, 0.717) is 36.8 Å². The Morgan fingerprint density at radius 2 is 1.92 bits per heavy atom. The van der Waals surface area contributed by atoms with Crippen LogP contribution in [0.15, 0.2) is 70.3 Å². The highest BCUT2D eigenvalue weighted by atomic mass is 35.5. The number of allylic oxidation sites excluding steroid dienone is 1. The van der Waals surface area contributed by atoms with Gasteiger partial charge in [0, 0.05) is 59.5 Å². The predicted molar refractivity (Wildman–Crippen MR) is 195 cm³/mol. The number of carbonyl (C=O) groups is 1. The highest BCUT2D eigenvalue weighted by Crippen LogP contribution is 2.38. The number of aromatic nitrogens is 3. The summed E-state index contributed by atoms with van der Waals surface area (Å²) < 4.78 is 10.2. The molecule has 9 nitrogen and oxygen atoms in total. The number of halogens is 1. The van der Waals surface area contributed by atoms with Crippen LogP contribution in [0.3, 0.4) is 0 Å². The van der Waals surface area contributed by atoms with Gasteiger partial charge < -0.3 is 14.9 Å². The molecule has 3 aromatic carbocycles. The zero-order valence-electron chi connectivity index (χ0n) is 27.4. The maximum Gasteiger partial charge on any atom is 0.354 e. The molecule has 0 atom stereocenters. The van der Waals surface area contributed by atoms with Gasteiger partial charge in [-0.25, -0.2) is 9.47 Å². The summed E-state index contributed by atoms with van der Waals surface area (Å²) in [5.74, 6) is 0.531. The fraction of sp³-hybridized carbons (Fsp3) is 0.324. The third-order valence-electron chi connectivity index (χ3n) is 9.12. The zero-order valence-corrected chi connectivity index (χ0v) is 29.0. The molecule has 1 N–H and O–H groups in total. The summed E-state index contributed by atoms with van der Waals surface area (Å²) in [6, 6.07) is 18.5. The second-order valence-electron chi connectivity index (χ2n) is 12.3. The van der Waals surface area contributed by atoms with Gasteiger partial charge in [-0.3, -0.25) is 9.69 Å². The maximum absolute atomic E-state index is 13.2. The van der Waals surface area contributed by atoms with Crippen molar-refractivity contribution in [2.75, 3.05) is 25.2 Å². The number of piperidine rings is 1. The van der Waals surface area contributed by atoms with Gasteiger partial charge >= 0.3 is 5.97 Å². The van der Waals surface area contributed by atoms with Gasteiger partial charge in [0.25, 0.3) is 0 Å². The van der Waals surface area contributed by atoms with E-state index in [1.54, 1.807) is 18.0 Å². The molecule has 0 aliphatic carbocycles. The Hall–Kier alpha value is -4.41. The third-order valence-corrected chi connectivity index (χ3v) is 10.5. The van der Waals surface area contributed by atoms with Gasteiger partial charge in [-0.15, -0.1) is 11.8 Å². The number of aryl methyl sites for hydroxylation is 2. The number of hydrazone groups is 1. The van der Waals surface area contributed by atoms with Gasteiger partial charge in [0.05, 0.1) is 35.1 Å². The smallest absolute Gasteiger partial charge is 0.354 e. The van der Waals surface area contributed by atoms with Crippen molar-refractivity contribution in [2.24, 2.45) is 12.1 Å². The third kappa shape index (κ3) is 6.15. The molecule has 4 heterocycles. The lowest BCUT2D eigenvalue weighted by molar-refractivity contribution is 0.0683. The lowest BCUT2D eigenvalue weighted by atomic mass is 10.0. The first-order valence-corrected chi connectivity index (χ1v) is 17.8. The Balaban J connectivity index is 1.40. The Morgan fingerprint density at radius 1 is 1.06 bits per heavy atom. The highest BCUT2D eigenvalue weighted by molar-refractivity contribution is 7.98. The van der Waals surface area contributed by atoms with E-state index in [9.17, 15) is 9.90 Å². The van der Waals surface area contributed by atoms with Gasteiger partial charge in [-0.05, 0) is 80.3 Å². The van der Waals surface area contributed by atoms with Gasteiger partial charge in [-0.1, -0.05) is 41.9 Å². The molecule has 2 aliphatic rings. The average Bonchev–Trinajstić information content (AvgIpc) is 3.60. The standard InChI is InChI=1S/C37H39ClN6O3S/c1-4-39-43-16-8-7-11-26(43)20-32-33(38)15-14-31-30-13-9-17-47-34-21-28(18-24-10-5-6-12-29(24)34)48-23-25-19-27(42(3)40-25)22-41(2)44(35(31)32)36(30)37(45)46/h4-6,10,12,14-15,18-21H,7-9,11,13,16-17,22-23H2,1-3H3,(H,45,46)/b26-20+,39-4+. The topological polar surface area (TPSA) is 88.1 Å². The van der Waals surface area contributed by atoms with Crippen molar-refractivity contribution in [3.8, 4) is 5.75 Å². The Morgan fingerprint density at radius 3 is 2.75 bits per heavy atom. The zero-order chi connectivity index (χ0) is 33.4. The van der Waals surface area contributed by atoms with Crippen LogP contribution in [0.5, 0.6) is 5.75 Å². The second kappa shape index (κ2) is 13.6. The fourth-order valence-corrected chi connectivity index (χ4v) is 8.00. The first-order valence-electron chi connectivity index (χ1n) is 16.4. The Kier molecular flexibility index (Phi) is 9.11. The molecular weight excluding hydrogens is 644 g/mol. The second-order valence-corrected chi connectivity index (χ2v) is 13.8. The van der Waals surface area contributed by atoms with E-state index in [-0.39, 0.29) is 5.69 Å². The van der Waals surface area contributed by atoms with Crippen LogP contribution >= 0.6 is 23.4 Å². The molecule has 0 unspecified atom stereocenters. The van der Waals surface area contributed by atoms with Crippen molar-refractivity contribution in [3.05, 3.63) is 93.5 Å². The van der Waals surface area contributed by atoms with E-state index in [1.165, 1.54) is 0 Å². The minimum atomic E-state index is -0.989. The maximum atomic E-state index is 13.2. The monoisotopic (exact) mass is 682 g/mol. The number of ether oxygens (including phenoxy) is 1. The van der Waals surface area contributed by atoms with E-state index >= 15 is 0 Å². The number of benzene rings is 3. The number of nitrogens with zero attached hydrogens (tertiary/aromatic N) is 6. The SMILES string of the molecule is C/C=N/N1CCCC/C1=C\c1c(Cl)ccc2c3c(C(=O)O)n(c12)N(C)Cc1cc(nn1C)CSc1cc(c2ccccc2c1)OCCC3. The van der Waals surface area contributed by atoms with Crippen LogP contribution in [0.2, 0.25) is 5.02 Å². The summed E-state index contributed by atoms with van der Waals surface area (Å²) in [7, 11) is 3.87. The van der Waals surface area contributed by atoms with Crippen LogP contribution in [0.4, 0.5) is 0 Å². The molecule has 1 fully saturated rings.